The Kier molecular flexibility index (Phi) is 7.11. The number of carbonyl (C=O) groups excluding carboxylic acids is 1. The topological polar surface area (TPSA) is 81.9 Å². The molecule has 8 heteroatoms. The average Bonchev–Trinajstić information content (AvgIpc) is 3.22. The molecule has 0 spiro atoms. The minimum absolute atomic E-state index is 0.0248. The molecule has 0 radical (unpaired) electrons. The number of nitrogens with one attached hydrogen (secondary N) is 1. The van der Waals surface area contributed by atoms with E-state index < -0.39 is 0 Å². The van der Waals surface area contributed by atoms with E-state index in [4.69, 9.17) is 4.74 Å². The molecule has 0 fully saturated rings. The lowest BCUT2D eigenvalue weighted by Gasteiger charge is -2.09. The first-order valence-corrected chi connectivity index (χ1v) is 10.5. The third-order valence-electron chi connectivity index (χ3n) is 4.92. The summed E-state index contributed by atoms with van der Waals surface area (Å²) in [5.74, 6) is 0.251. The number of hydrogen-bond acceptors (Lipinski definition) is 5. The molecule has 0 aliphatic carbocycles. The Hall–Kier alpha value is -2.58. The van der Waals surface area contributed by atoms with E-state index in [1.54, 1.807) is 11.7 Å². The first-order valence-electron chi connectivity index (χ1n) is 9.52. The Morgan fingerprint density at radius 1 is 1.17 bits per heavy atom. The zero-order valence-corrected chi connectivity index (χ0v) is 17.8. The van der Waals surface area contributed by atoms with Gasteiger partial charge in [-0.1, -0.05) is 42.1 Å². The van der Waals surface area contributed by atoms with E-state index >= 15 is 0 Å². The van der Waals surface area contributed by atoms with E-state index in [0.29, 0.717) is 30.4 Å². The van der Waals surface area contributed by atoms with Gasteiger partial charge in [0.05, 0.1) is 12.4 Å². The molecule has 3 rings (SSSR count). The number of hydrogen-bond donors (Lipinski definition) is 1. The summed E-state index contributed by atoms with van der Waals surface area (Å²) in [6, 6.07) is 11.9. The van der Waals surface area contributed by atoms with Gasteiger partial charge < -0.3 is 9.30 Å². The van der Waals surface area contributed by atoms with Crippen molar-refractivity contribution < 1.29 is 9.53 Å². The van der Waals surface area contributed by atoms with Crippen LogP contribution in [0.3, 0.4) is 0 Å². The van der Waals surface area contributed by atoms with E-state index in [2.05, 4.69) is 14.8 Å². The maximum atomic E-state index is 12.8. The third-order valence-corrected chi connectivity index (χ3v) is 5.89. The molecule has 0 atom stereocenters. The van der Waals surface area contributed by atoms with E-state index in [0.717, 1.165) is 23.4 Å². The summed E-state index contributed by atoms with van der Waals surface area (Å²) in [7, 11) is 1.66. The zero-order valence-electron chi connectivity index (χ0n) is 17.0. The predicted octanol–water partition coefficient (Wildman–Crippen LogP) is 2.85. The summed E-state index contributed by atoms with van der Waals surface area (Å²) in [6.07, 6.45) is 0.725. The third kappa shape index (κ3) is 5.07. The van der Waals surface area contributed by atoms with Crippen LogP contribution in [0.25, 0.3) is 0 Å². The highest BCUT2D eigenvalue weighted by atomic mass is 32.2. The highest BCUT2D eigenvalue weighted by Gasteiger charge is 2.18. The van der Waals surface area contributed by atoms with Gasteiger partial charge in [0.15, 0.2) is 10.9 Å². The van der Waals surface area contributed by atoms with Crippen LogP contribution in [0.5, 0.6) is 0 Å². The van der Waals surface area contributed by atoms with Crippen LogP contribution >= 0.6 is 11.8 Å². The van der Waals surface area contributed by atoms with Crippen LogP contribution in [-0.2, 0) is 24.2 Å². The van der Waals surface area contributed by atoms with Crippen molar-refractivity contribution in [1.82, 2.24) is 19.3 Å². The summed E-state index contributed by atoms with van der Waals surface area (Å²) >= 11 is 1.28. The molecule has 0 unspecified atom stereocenters. The van der Waals surface area contributed by atoms with Crippen molar-refractivity contribution in [3.8, 4) is 0 Å². The number of aromatic nitrogens is 4. The minimum atomic E-state index is -0.256. The number of carbonyl (C=O) groups is 1. The van der Waals surface area contributed by atoms with Crippen molar-refractivity contribution in [3.63, 3.8) is 0 Å². The fraction of sp³-hybridized carbons (Fsp3) is 0.381. The molecule has 0 aliphatic heterocycles. The monoisotopic (exact) mass is 414 g/mol. The lowest BCUT2D eigenvalue weighted by molar-refractivity contribution is 0.102. The van der Waals surface area contributed by atoms with E-state index in [1.807, 2.05) is 50.2 Å². The molecule has 1 N–H and O–H groups in total. The Labute approximate surface area is 174 Å². The summed E-state index contributed by atoms with van der Waals surface area (Å²) in [5, 5.41) is 7.12. The molecule has 3 aromatic rings. The highest BCUT2D eigenvalue weighted by molar-refractivity contribution is 7.99. The van der Waals surface area contributed by atoms with E-state index in [9.17, 15) is 9.59 Å². The van der Waals surface area contributed by atoms with Crippen molar-refractivity contribution in [2.45, 2.75) is 38.5 Å². The van der Waals surface area contributed by atoms with Crippen molar-refractivity contribution in [1.29, 1.82) is 0 Å². The number of ketones is 1. The van der Waals surface area contributed by atoms with Crippen molar-refractivity contribution in [3.05, 3.63) is 69.4 Å². The van der Waals surface area contributed by atoms with Gasteiger partial charge in [-0.3, -0.25) is 9.36 Å². The molecule has 0 aliphatic rings. The second-order valence-corrected chi connectivity index (χ2v) is 7.78. The number of H-pyrrole nitrogens is 1. The van der Waals surface area contributed by atoms with E-state index in [1.165, 1.54) is 11.8 Å². The number of aryl methyl sites for hydroxylation is 2. The molecule has 2 heterocycles. The van der Waals surface area contributed by atoms with Gasteiger partial charge in [-0.05, 0) is 31.9 Å². The van der Waals surface area contributed by atoms with Crippen LogP contribution in [0.2, 0.25) is 0 Å². The van der Waals surface area contributed by atoms with Crippen molar-refractivity contribution in [2.24, 2.45) is 0 Å². The average molecular weight is 415 g/mol. The largest absolute Gasteiger partial charge is 0.383 e. The predicted molar refractivity (Wildman–Crippen MR) is 114 cm³/mol. The van der Waals surface area contributed by atoms with Gasteiger partial charge in [0.1, 0.15) is 0 Å². The van der Waals surface area contributed by atoms with Crippen LogP contribution < -0.4 is 5.69 Å². The molecule has 154 valence electrons. The molecule has 0 bridgehead atoms. The standard InChI is InChI=1S/C21H26N4O3S/c1-15-13-18(16(2)24(15)11-12-28-3)19(26)14-29-21-23-22-20(27)25(21)10-9-17-7-5-4-6-8-17/h4-8,13H,9-12,14H2,1-3H3,(H,22,27). The minimum Gasteiger partial charge on any atom is -0.383 e. The fourth-order valence-corrected chi connectivity index (χ4v) is 4.17. The molecule has 7 nitrogen and oxygen atoms in total. The van der Waals surface area contributed by atoms with Gasteiger partial charge in [-0.15, -0.1) is 5.10 Å². The Bertz CT molecular complexity index is 1020. The van der Waals surface area contributed by atoms with E-state index in [-0.39, 0.29) is 17.2 Å². The van der Waals surface area contributed by atoms with Crippen molar-refractivity contribution in [2.75, 3.05) is 19.5 Å². The van der Waals surface area contributed by atoms with Gasteiger partial charge in [0.2, 0.25) is 0 Å². The van der Waals surface area contributed by atoms with Gasteiger partial charge in [0.25, 0.3) is 0 Å². The number of aromatic amines is 1. The molecule has 0 amide bonds. The fourth-order valence-electron chi connectivity index (χ4n) is 3.31. The van der Waals surface area contributed by atoms with Crippen LogP contribution in [0, 0.1) is 13.8 Å². The van der Waals surface area contributed by atoms with Gasteiger partial charge in [-0.2, -0.15) is 0 Å². The molecule has 2 aromatic heterocycles. The molecular formula is C21H26N4O3S. The first kappa shape index (κ1) is 21.1. The number of methoxy groups -OCH3 is 1. The zero-order chi connectivity index (χ0) is 20.8. The molecule has 1 aromatic carbocycles. The van der Waals surface area contributed by atoms with Crippen molar-refractivity contribution >= 4 is 17.5 Å². The van der Waals surface area contributed by atoms with Crippen LogP contribution in [0.1, 0.15) is 27.3 Å². The Morgan fingerprint density at radius 3 is 2.66 bits per heavy atom. The summed E-state index contributed by atoms with van der Waals surface area (Å²) < 4.78 is 8.83. The number of ether oxygens (including phenoxy) is 1. The number of rotatable bonds is 10. The van der Waals surface area contributed by atoms with Crippen LogP contribution in [0.15, 0.2) is 46.3 Å². The summed E-state index contributed by atoms with van der Waals surface area (Å²) in [6.45, 7) is 5.76. The number of nitrogens with zero attached hydrogens (tertiary/aromatic N) is 3. The van der Waals surface area contributed by atoms with Crippen LogP contribution in [0.4, 0.5) is 0 Å². The van der Waals surface area contributed by atoms with Gasteiger partial charge >= 0.3 is 5.69 Å². The quantitative estimate of drug-likeness (QED) is 0.407. The molecule has 29 heavy (non-hydrogen) atoms. The maximum absolute atomic E-state index is 12.8. The number of Topliss-reactive ketones (excluding diaryl/α,β-unsaturated/α-hetero) is 1. The number of thioether (sulfide) groups is 1. The maximum Gasteiger partial charge on any atom is 0.343 e. The summed E-state index contributed by atoms with van der Waals surface area (Å²) in [5.41, 5.74) is 3.57. The SMILES string of the molecule is COCCn1c(C)cc(C(=O)CSc2n[nH]c(=O)n2CCc2ccccc2)c1C. The highest BCUT2D eigenvalue weighted by Crippen LogP contribution is 2.20. The Balaban J connectivity index is 1.66. The normalized spacial score (nSPS) is 11.1. The Morgan fingerprint density at radius 2 is 1.93 bits per heavy atom. The first-order chi connectivity index (χ1) is 14.0. The van der Waals surface area contributed by atoms with Gasteiger partial charge in [0, 0.05) is 37.2 Å². The smallest absolute Gasteiger partial charge is 0.343 e. The lowest BCUT2D eigenvalue weighted by atomic mass is 10.1. The summed E-state index contributed by atoms with van der Waals surface area (Å²) in [4.78, 5) is 24.9. The lowest BCUT2D eigenvalue weighted by Crippen LogP contribution is -2.19. The molecule has 0 saturated carbocycles. The van der Waals surface area contributed by atoms with Crippen LogP contribution in [-0.4, -0.2) is 44.6 Å². The number of benzene rings is 1. The molecular weight excluding hydrogens is 388 g/mol. The van der Waals surface area contributed by atoms with Gasteiger partial charge in [-0.25, -0.2) is 9.89 Å². The second kappa shape index (κ2) is 9.76. The molecule has 0 saturated heterocycles. The second-order valence-electron chi connectivity index (χ2n) is 6.84.